The van der Waals surface area contributed by atoms with E-state index in [2.05, 4.69) is 0 Å². The zero-order chi connectivity index (χ0) is 19.3. The lowest BCUT2D eigenvalue weighted by Gasteiger charge is -2.19. The number of ether oxygens (including phenoxy) is 1. The number of nitrogens with zero attached hydrogens (tertiary/aromatic N) is 3. The number of benzene rings is 2. The molecule has 3 aromatic rings. The number of anilines is 1. The fraction of sp³-hybridized carbons (Fsp3) is 0.333. The number of hydrogen-bond donors (Lipinski definition) is 1. The fourth-order valence-corrected chi connectivity index (χ4v) is 3.79. The first-order valence-electron chi connectivity index (χ1n) is 8.96. The number of fused-ring (bicyclic) bond motifs is 2. The van der Waals surface area contributed by atoms with E-state index in [1.807, 2.05) is 54.6 Å². The highest BCUT2D eigenvalue weighted by atomic mass is 16.5. The van der Waals surface area contributed by atoms with Gasteiger partial charge in [0.1, 0.15) is 11.6 Å². The van der Waals surface area contributed by atoms with Crippen molar-refractivity contribution in [3.05, 3.63) is 42.0 Å². The van der Waals surface area contributed by atoms with Gasteiger partial charge in [-0.1, -0.05) is 0 Å². The lowest BCUT2D eigenvalue weighted by Crippen LogP contribution is -2.37. The maximum absolute atomic E-state index is 12.9. The molecule has 1 aliphatic rings. The first-order valence-corrected chi connectivity index (χ1v) is 8.96. The second kappa shape index (κ2) is 6.09. The third-order valence-corrected chi connectivity index (χ3v) is 5.39. The largest absolute Gasteiger partial charge is 0.508 e. The molecule has 6 heteroatoms. The van der Waals surface area contributed by atoms with Gasteiger partial charge in [-0.3, -0.25) is 4.79 Å². The molecule has 1 amide bonds. The van der Waals surface area contributed by atoms with Crippen molar-refractivity contribution in [2.75, 3.05) is 25.2 Å². The van der Waals surface area contributed by atoms with Crippen LogP contribution in [0.1, 0.15) is 19.4 Å². The lowest BCUT2D eigenvalue weighted by atomic mass is 9.86. The summed E-state index contributed by atoms with van der Waals surface area (Å²) in [5, 5.41) is 9.53. The highest BCUT2D eigenvalue weighted by Gasteiger charge is 2.44. The minimum Gasteiger partial charge on any atom is -0.508 e. The number of methoxy groups -OCH3 is 1. The summed E-state index contributed by atoms with van der Waals surface area (Å²) in [6.07, 6.45) is 0. The Balaban J connectivity index is 1.88. The van der Waals surface area contributed by atoms with Crippen LogP contribution >= 0.6 is 0 Å². The van der Waals surface area contributed by atoms with Crippen LogP contribution in [0.4, 0.5) is 5.69 Å². The molecule has 1 N–H and O–H groups in total. The van der Waals surface area contributed by atoms with E-state index in [0.29, 0.717) is 13.2 Å². The maximum atomic E-state index is 12.9. The van der Waals surface area contributed by atoms with Crippen molar-refractivity contribution in [1.29, 1.82) is 0 Å². The van der Waals surface area contributed by atoms with Gasteiger partial charge in [0.25, 0.3) is 0 Å². The van der Waals surface area contributed by atoms with Crippen LogP contribution < -0.4 is 4.90 Å². The molecule has 0 saturated carbocycles. The number of rotatable bonds is 4. The van der Waals surface area contributed by atoms with Crippen molar-refractivity contribution in [1.82, 2.24) is 9.55 Å². The Labute approximate surface area is 158 Å². The Bertz CT molecular complexity index is 1040. The van der Waals surface area contributed by atoms with Gasteiger partial charge in [0, 0.05) is 26.3 Å². The summed E-state index contributed by atoms with van der Waals surface area (Å²) in [5.41, 5.74) is 4.08. The normalized spacial score (nSPS) is 15.6. The van der Waals surface area contributed by atoms with E-state index < -0.39 is 5.41 Å². The maximum Gasteiger partial charge on any atom is 0.237 e. The Kier molecular flexibility index (Phi) is 3.96. The molecule has 0 radical (unpaired) electrons. The molecule has 4 rings (SSSR count). The zero-order valence-corrected chi connectivity index (χ0v) is 16.0. The van der Waals surface area contributed by atoms with Gasteiger partial charge in [0.05, 0.1) is 28.7 Å². The molecule has 0 bridgehead atoms. The van der Waals surface area contributed by atoms with E-state index in [1.54, 1.807) is 19.2 Å². The van der Waals surface area contributed by atoms with E-state index in [9.17, 15) is 9.90 Å². The van der Waals surface area contributed by atoms with Gasteiger partial charge in [0.2, 0.25) is 5.91 Å². The molecule has 0 unspecified atom stereocenters. The SMILES string of the molecule is COCCN1C(=O)C(C)(C)c2cc3nc(-c4ccc(O)cc4)n(C)c3cc21. The van der Waals surface area contributed by atoms with Crippen molar-refractivity contribution in [2.24, 2.45) is 7.05 Å². The van der Waals surface area contributed by atoms with Crippen LogP contribution in [0.3, 0.4) is 0 Å². The van der Waals surface area contributed by atoms with Crippen molar-refractivity contribution in [3.63, 3.8) is 0 Å². The monoisotopic (exact) mass is 365 g/mol. The predicted molar refractivity (Wildman–Crippen MR) is 105 cm³/mol. The van der Waals surface area contributed by atoms with Crippen LogP contribution in [0.2, 0.25) is 0 Å². The molecule has 0 atom stereocenters. The summed E-state index contributed by atoms with van der Waals surface area (Å²) >= 11 is 0. The molecule has 27 heavy (non-hydrogen) atoms. The van der Waals surface area contributed by atoms with E-state index in [1.165, 1.54) is 0 Å². The van der Waals surface area contributed by atoms with Gasteiger partial charge >= 0.3 is 0 Å². The number of amides is 1. The number of phenolic OH excluding ortho intramolecular Hbond substituents is 1. The van der Waals surface area contributed by atoms with Gasteiger partial charge in [-0.15, -0.1) is 0 Å². The van der Waals surface area contributed by atoms with Crippen LogP contribution in [0.15, 0.2) is 36.4 Å². The summed E-state index contributed by atoms with van der Waals surface area (Å²) in [5.74, 6) is 1.13. The third-order valence-electron chi connectivity index (χ3n) is 5.39. The average molecular weight is 365 g/mol. The van der Waals surface area contributed by atoms with Gasteiger partial charge in [-0.2, -0.15) is 0 Å². The van der Waals surface area contributed by atoms with Crippen LogP contribution in [0, 0.1) is 0 Å². The second-order valence-corrected chi connectivity index (χ2v) is 7.47. The minimum absolute atomic E-state index is 0.0867. The fourth-order valence-electron chi connectivity index (χ4n) is 3.79. The Morgan fingerprint density at radius 2 is 1.89 bits per heavy atom. The first kappa shape index (κ1) is 17.5. The summed E-state index contributed by atoms with van der Waals surface area (Å²) in [6, 6.07) is 11.1. The number of carbonyl (C=O) groups is 1. The lowest BCUT2D eigenvalue weighted by molar-refractivity contribution is -0.122. The molecular formula is C21H23N3O3. The van der Waals surface area contributed by atoms with Gasteiger partial charge in [-0.05, 0) is 55.8 Å². The summed E-state index contributed by atoms with van der Waals surface area (Å²) < 4.78 is 7.21. The van der Waals surface area contributed by atoms with Crippen LogP contribution in [-0.2, 0) is 22.0 Å². The summed E-state index contributed by atoms with van der Waals surface area (Å²) in [7, 11) is 3.60. The molecule has 2 aromatic carbocycles. The van der Waals surface area contributed by atoms with Crippen molar-refractivity contribution in [2.45, 2.75) is 19.3 Å². The van der Waals surface area contributed by atoms with E-state index in [0.717, 1.165) is 33.7 Å². The zero-order valence-electron chi connectivity index (χ0n) is 16.0. The second-order valence-electron chi connectivity index (χ2n) is 7.47. The highest BCUT2D eigenvalue weighted by molar-refractivity contribution is 6.09. The smallest absolute Gasteiger partial charge is 0.237 e. The van der Waals surface area contributed by atoms with Gasteiger partial charge in [-0.25, -0.2) is 4.98 Å². The van der Waals surface area contributed by atoms with Crippen molar-refractivity contribution < 1.29 is 14.6 Å². The Hall–Kier alpha value is -2.86. The quantitative estimate of drug-likeness (QED) is 0.771. The Morgan fingerprint density at radius 1 is 1.19 bits per heavy atom. The molecule has 1 aromatic heterocycles. The summed E-state index contributed by atoms with van der Waals surface area (Å²) in [6.45, 7) is 4.93. The summed E-state index contributed by atoms with van der Waals surface area (Å²) in [4.78, 5) is 19.5. The van der Waals surface area contributed by atoms with E-state index in [-0.39, 0.29) is 11.7 Å². The molecule has 1 aliphatic heterocycles. The number of carbonyl (C=O) groups excluding carboxylic acids is 1. The minimum atomic E-state index is -0.590. The molecule has 0 spiro atoms. The first-order chi connectivity index (χ1) is 12.8. The van der Waals surface area contributed by atoms with Crippen LogP contribution in [0.5, 0.6) is 5.75 Å². The average Bonchev–Trinajstić information content (AvgIpc) is 3.06. The number of aromatic nitrogens is 2. The third kappa shape index (κ3) is 2.59. The molecule has 0 saturated heterocycles. The number of aromatic hydroxyl groups is 1. The van der Waals surface area contributed by atoms with Crippen molar-refractivity contribution >= 4 is 22.6 Å². The number of aryl methyl sites for hydroxylation is 1. The van der Waals surface area contributed by atoms with Gasteiger partial charge in [0.15, 0.2) is 0 Å². The molecule has 2 heterocycles. The Morgan fingerprint density at radius 3 is 2.56 bits per heavy atom. The van der Waals surface area contributed by atoms with E-state index in [4.69, 9.17) is 9.72 Å². The molecule has 0 aliphatic carbocycles. The van der Waals surface area contributed by atoms with E-state index >= 15 is 0 Å². The molecule has 6 nitrogen and oxygen atoms in total. The van der Waals surface area contributed by atoms with Crippen LogP contribution in [0.25, 0.3) is 22.4 Å². The molecule has 0 fully saturated rings. The molecule has 140 valence electrons. The van der Waals surface area contributed by atoms with Gasteiger partial charge < -0.3 is 19.3 Å². The van der Waals surface area contributed by atoms with Crippen molar-refractivity contribution in [3.8, 4) is 17.1 Å². The number of imidazole rings is 1. The highest BCUT2D eigenvalue weighted by Crippen LogP contribution is 2.43. The van der Waals surface area contributed by atoms with Crippen LogP contribution in [-0.4, -0.2) is 40.8 Å². The standard InChI is InChI=1S/C21H23N3O3/c1-21(2)15-11-16-18(12-17(15)24(20(21)26)9-10-27-4)23(3)19(22-16)13-5-7-14(25)8-6-13/h5-8,11-12,25H,9-10H2,1-4H3. The number of phenols is 1. The predicted octanol–water partition coefficient (Wildman–Crippen LogP) is 3.22. The number of hydrogen-bond acceptors (Lipinski definition) is 4. The molecular weight excluding hydrogens is 342 g/mol. The topological polar surface area (TPSA) is 67.6 Å².